The lowest BCUT2D eigenvalue weighted by atomic mass is 10.1. The molecule has 0 saturated heterocycles. The van der Waals surface area contributed by atoms with Crippen molar-refractivity contribution in [3.05, 3.63) is 115 Å². The minimum atomic E-state index is -0.563. The average Bonchev–Trinajstić information content (AvgIpc) is 2.85. The van der Waals surface area contributed by atoms with Crippen molar-refractivity contribution in [1.82, 2.24) is 10.9 Å². The van der Waals surface area contributed by atoms with Crippen LogP contribution in [-0.2, 0) is 0 Å². The standard InChI is InChI=1S/C22H16N6O6/c29-21(15-5-9-19(10-6-15)27(31)32)25-23-13-17-3-1-2-4-18(17)14-24-26-22(30)16-7-11-20(12-8-16)28(33)34/h1-14H,(H,25,29)(H,26,30)/b23-13+,24-14+. The number of amides is 2. The van der Waals surface area contributed by atoms with E-state index in [9.17, 15) is 29.8 Å². The second-order valence-electron chi connectivity index (χ2n) is 6.64. The lowest BCUT2D eigenvalue weighted by molar-refractivity contribution is -0.385. The molecule has 0 aliphatic carbocycles. The van der Waals surface area contributed by atoms with E-state index in [0.717, 1.165) is 0 Å². The van der Waals surface area contributed by atoms with E-state index in [4.69, 9.17) is 0 Å². The van der Waals surface area contributed by atoms with Gasteiger partial charge in [0, 0.05) is 46.5 Å². The first kappa shape index (κ1) is 23.4. The molecule has 0 unspecified atom stereocenters. The highest BCUT2D eigenvalue weighted by Crippen LogP contribution is 2.13. The number of carbonyl (C=O) groups excluding carboxylic acids is 2. The number of carbonyl (C=O) groups is 2. The highest BCUT2D eigenvalue weighted by molar-refractivity contribution is 5.98. The summed E-state index contributed by atoms with van der Waals surface area (Å²) in [5.74, 6) is -1.10. The molecular formula is C22H16N6O6. The minimum absolute atomic E-state index is 0.131. The van der Waals surface area contributed by atoms with Gasteiger partial charge in [-0.25, -0.2) is 10.9 Å². The van der Waals surface area contributed by atoms with Crippen LogP contribution in [0.4, 0.5) is 11.4 Å². The predicted molar refractivity (Wildman–Crippen MR) is 123 cm³/mol. The van der Waals surface area contributed by atoms with Gasteiger partial charge in [0.1, 0.15) is 0 Å². The highest BCUT2D eigenvalue weighted by Gasteiger charge is 2.10. The number of nitro benzene ring substituents is 2. The second-order valence-corrected chi connectivity index (χ2v) is 6.64. The van der Waals surface area contributed by atoms with E-state index in [1.165, 1.54) is 61.0 Å². The molecule has 0 aliphatic rings. The molecule has 2 N–H and O–H groups in total. The number of non-ortho nitro benzene ring substituents is 2. The van der Waals surface area contributed by atoms with Gasteiger partial charge in [0.15, 0.2) is 0 Å². The molecule has 3 aromatic rings. The van der Waals surface area contributed by atoms with E-state index in [-0.39, 0.29) is 22.5 Å². The summed E-state index contributed by atoms with van der Waals surface area (Å²) in [4.78, 5) is 44.5. The summed E-state index contributed by atoms with van der Waals surface area (Å²) in [6, 6.07) is 17.0. The van der Waals surface area contributed by atoms with E-state index < -0.39 is 21.7 Å². The molecule has 0 bridgehead atoms. The summed E-state index contributed by atoms with van der Waals surface area (Å²) < 4.78 is 0. The summed E-state index contributed by atoms with van der Waals surface area (Å²) in [6.45, 7) is 0. The molecular weight excluding hydrogens is 444 g/mol. The van der Waals surface area contributed by atoms with Gasteiger partial charge in [-0.3, -0.25) is 29.8 Å². The molecule has 0 aliphatic heterocycles. The molecule has 3 aromatic carbocycles. The van der Waals surface area contributed by atoms with Gasteiger partial charge in [-0.2, -0.15) is 10.2 Å². The molecule has 34 heavy (non-hydrogen) atoms. The van der Waals surface area contributed by atoms with Crippen LogP contribution in [0.25, 0.3) is 0 Å². The Morgan fingerprint density at radius 2 is 1.00 bits per heavy atom. The van der Waals surface area contributed by atoms with Gasteiger partial charge < -0.3 is 0 Å². The summed E-state index contributed by atoms with van der Waals surface area (Å²) in [6.07, 6.45) is 2.76. The number of rotatable bonds is 8. The van der Waals surface area contributed by atoms with Crippen LogP contribution < -0.4 is 10.9 Å². The van der Waals surface area contributed by atoms with Crippen molar-refractivity contribution in [2.75, 3.05) is 0 Å². The maximum absolute atomic E-state index is 12.1. The fourth-order valence-corrected chi connectivity index (χ4v) is 2.67. The van der Waals surface area contributed by atoms with E-state index >= 15 is 0 Å². The van der Waals surface area contributed by atoms with E-state index in [1.54, 1.807) is 24.3 Å². The van der Waals surface area contributed by atoms with Crippen molar-refractivity contribution in [2.24, 2.45) is 10.2 Å². The first-order chi connectivity index (χ1) is 16.3. The Bertz CT molecular complexity index is 1190. The van der Waals surface area contributed by atoms with Crippen LogP contribution in [0.2, 0.25) is 0 Å². The third kappa shape index (κ3) is 6.13. The van der Waals surface area contributed by atoms with Gasteiger partial charge in [0.05, 0.1) is 22.3 Å². The fourth-order valence-electron chi connectivity index (χ4n) is 2.67. The summed E-state index contributed by atoms with van der Waals surface area (Å²) in [7, 11) is 0. The normalized spacial score (nSPS) is 10.8. The fraction of sp³-hybridized carbons (Fsp3) is 0. The Morgan fingerprint density at radius 1 is 0.647 bits per heavy atom. The molecule has 0 heterocycles. The zero-order valence-corrected chi connectivity index (χ0v) is 17.3. The lowest BCUT2D eigenvalue weighted by Gasteiger charge is -2.02. The lowest BCUT2D eigenvalue weighted by Crippen LogP contribution is -2.18. The molecule has 0 saturated carbocycles. The monoisotopic (exact) mass is 460 g/mol. The molecule has 0 radical (unpaired) electrons. The van der Waals surface area contributed by atoms with Crippen molar-refractivity contribution >= 4 is 35.6 Å². The molecule has 12 heteroatoms. The predicted octanol–water partition coefficient (Wildman–Crippen LogP) is 3.03. The molecule has 3 rings (SSSR count). The number of hydrazone groups is 2. The van der Waals surface area contributed by atoms with Crippen LogP contribution in [0.3, 0.4) is 0 Å². The average molecular weight is 460 g/mol. The van der Waals surface area contributed by atoms with Crippen molar-refractivity contribution < 1.29 is 19.4 Å². The molecule has 170 valence electrons. The van der Waals surface area contributed by atoms with Gasteiger partial charge >= 0.3 is 0 Å². The summed E-state index contributed by atoms with van der Waals surface area (Å²) in [5, 5.41) is 29.1. The Balaban J connectivity index is 1.61. The molecule has 0 atom stereocenters. The SMILES string of the molecule is O=C(N/N=C/c1ccccc1/C=N/NC(=O)c1ccc([N+](=O)[O-])cc1)c1ccc([N+](=O)[O-])cc1. The van der Waals surface area contributed by atoms with Crippen molar-refractivity contribution in [2.45, 2.75) is 0 Å². The third-order valence-corrected chi connectivity index (χ3v) is 4.42. The van der Waals surface area contributed by atoms with E-state index in [1.807, 2.05) is 0 Å². The molecule has 12 nitrogen and oxygen atoms in total. The van der Waals surface area contributed by atoms with Crippen LogP contribution in [0, 0.1) is 20.2 Å². The number of benzene rings is 3. The van der Waals surface area contributed by atoms with Gasteiger partial charge in [0.2, 0.25) is 0 Å². The van der Waals surface area contributed by atoms with Gasteiger partial charge in [-0.15, -0.1) is 0 Å². The smallest absolute Gasteiger partial charge is 0.267 e. The number of nitrogens with one attached hydrogen (secondary N) is 2. The molecule has 0 spiro atoms. The second kappa shape index (κ2) is 10.9. The Labute approximate surface area is 191 Å². The molecule has 0 fully saturated rings. The summed E-state index contributed by atoms with van der Waals surface area (Å²) in [5.41, 5.74) is 5.97. The van der Waals surface area contributed by atoms with Crippen molar-refractivity contribution in [3.8, 4) is 0 Å². The van der Waals surface area contributed by atoms with E-state index in [2.05, 4.69) is 21.1 Å². The highest BCUT2D eigenvalue weighted by atomic mass is 16.6. The summed E-state index contributed by atoms with van der Waals surface area (Å²) >= 11 is 0. The Kier molecular flexibility index (Phi) is 7.47. The largest absolute Gasteiger partial charge is 0.271 e. The quantitative estimate of drug-likeness (QED) is 0.297. The van der Waals surface area contributed by atoms with Gasteiger partial charge in [-0.1, -0.05) is 24.3 Å². The minimum Gasteiger partial charge on any atom is -0.267 e. The first-order valence-electron chi connectivity index (χ1n) is 9.60. The molecule has 2 amide bonds. The van der Waals surface area contributed by atoms with Crippen LogP contribution in [0.1, 0.15) is 31.8 Å². The third-order valence-electron chi connectivity index (χ3n) is 4.42. The van der Waals surface area contributed by atoms with Crippen LogP contribution in [-0.4, -0.2) is 34.1 Å². The number of nitro groups is 2. The maximum Gasteiger partial charge on any atom is 0.271 e. The number of hydrogen-bond acceptors (Lipinski definition) is 8. The molecule has 0 aromatic heterocycles. The van der Waals surface area contributed by atoms with Crippen LogP contribution >= 0.6 is 0 Å². The van der Waals surface area contributed by atoms with Crippen LogP contribution in [0.5, 0.6) is 0 Å². The topological polar surface area (TPSA) is 169 Å². The van der Waals surface area contributed by atoms with Crippen molar-refractivity contribution in [3.63, 3.8) is 0 Å². The van der Waals surface area contributed by atoms with Crippen LogP contribution in [0.15, 0.2) is 83.0 Å². The maximum atomic E-state index is 12.1. The first-order valence-corrected chi connectivity index (χ1v) is 9.60. The Morgan fingerprint density at radius 3 is 1.32 bits per heavy atom. The van der Waals surface area contributed by atoms with Gasteiger partial charge in [0.25, 0.3) is 23.2 Å². The number of hydrogen-bond donors (Lipinski definition) is 2. The van der Waals surface area contributed by atoms with Crippen molar-refractivity contribution in [1.29, 1.82) is 0 Å². The number of nitrogens with zero attached hydrogens (tertiary/aromatic N) is 4. The zero-order chi connectivity index (χ0) is 24.5. The van der Waals surface area contributed by atoms with Gasteiger partial charge in [-0.05, 0) is 24.3 Å². The zero-order valence-electron chi connectivity index (χ0n) is 17.3. The Hall–Kier alpha value is -5.26. The van der Waals surface area contributed by atoms with E-state index in [0.29, 0.717) is 11.1 Å².